The molecule has 0 fully saturated rings. The van der Waals surface area contributed by atoms with Crippen LogP contribution in [0.4, 0.5) is 10.5 Å². The summed E-state index contributed by atoms with van der Waals surface area (Å²) in [5.74, 6) is -0.644. The van der Waals surface area contributed by atoms with E-state index in [1.807, 2.05) is 0 Å². The number of carbonyl (C=O) groups excluding carboxylic acids is 3. The summed E-state index contributed by atoms with van der Waals surface area (Å²) in [6.07, 6.45) is 0.427. The van der Waals surface area contributed by atoms with Crippen molar-refractivity contribution in [1.29, 1.82) is 0 Å². The number of imide groups is 1. The first-order valence-electron chi connectivity index (χ1n) is 8.02. The highest BCUT2D eigenvalue weighted by Crippen LogP contribution is 2.26. The number of hydrogen-bond acceptors (Lipinski definition) is 3. The molecule has 0 spiro atoms. The predicted octanol–water partition coefficient (Wildman–Crippen LogP) is 4.56. The van der Waals surface area contributed by atoms with Crippen molar-refractivity contribution in [3.05, 3.63) is 62.0 Å². The van der Waals surface area contributed by atoms with E-state index in [2.05, 4.69) is 26.6 Å². The molecule has 0 atom stereocenters. The van der Waals surface area contributed by atoms with Gasteiger partial charge in [-0.2, -0.15) is 0 Å². The Morgan fingerprint density at radius 3 is 2.37 bits per heavy atom. The van der Waals surface area contributed by atoms with Crippen LogP contribution in [0.3, 0.4) is 0 Å². The van der Waals surface area contributed by atoms with Crippen molar-refractivity contribution in [3.8, 4) is 0 Å². The first-order valence-corrected chi connectivity index (χ1v) is 9.57. The molecule has 3 rings (SSSR count). The Morgan fingerprint density at radius 2 is 1.67 bits per heavy atom. The lowest BCUT2D eigenvalue weighted by atomic mass is 10.1. The monoisotopic (exact) mass is 469 g/mol. The van der Waals surface area contributed by atoms with Gasteiger partial charge in [-0.3, -0.25) is 14.5 Å². The lowest BCUT2D eigenvalue weighted by Gasteiger charge is -2.14. The molecule has 1 heterocycles. The van der Waals surface area contributed by atoms with Crippen molar-refractivity contribution >= 4 is 62.7 Å². The third-order valence-corrected chi connectivity index (χ3v) is 4.83. The second kappa shape index (κ2) is 8.29. The van der Waals surface area contributed by atoms with Crippen LogP contribution in [0.25, 0.3) is 0 Å². The van der Waals surface area contributed by atoms with Crippen LogP contribution in [0.1, 0.15) is 27.1 Å². The molecule has 2 aromatic carbocycles. The fraction of sp³-hybridized carbons (Fsp3) is 0.167. The highest BCUT2D eigenvalue weighted by molar-refractivity contribution is 9.10. The molecule has 0 saturated carbocycles. The summed E-state index contributed by atoms with van der Waals surface area (Å²) >= 11 is 15.1. The van der Waals surface area contributed by atoms with Gasteiger partial charge in [0.25, 0.3) is 11.8 Å². The number of amides is 4. The van der Waals surface area contributed by atoms with Crippen LogP contribution < -0.4 is 10.6 Å². The van der Waals surface area contributed by atoms with Gasteiger partial charge in [-0.1, -0.05) is 39.1 Å². The maximum Gasteiger partial charge on any atom is 0.319 e. The van der Waals surface area contributed by atoms with Crippen molar-refractivity contribution < 1.29 is 14.4 Å². The number of fused-ring (bicyclic) bond motifs is 1. The number of rotatable bonds is 5. The number of benzene rings is 2. The number of halogens is 3. The van der Waals surface area contributed by atoms with E-state index in [0.29, 0.717) is 33.3 Å². The van der Waals surface area contributed by atoms with Gasteiger partial charge in [0.05, 0.1) is 11.1 Å². The van der Waals surface area contributed by atoms with Gasteiger partial charge in [0.2, 0.25) is 0 Å². The van der Waals surface area contributed by atoms with Gasteiger partial charge in [0.15, 0.2) is 0 Å². The molecular formula is C18H14BrCl2N3O3. The molecule has 2 N–H and O–H groups in total. The normalized spacial score (nSPS) is 12.9. The van der Waals surface area contributed by atoms with Crippen LogP contribution in [-0.2, 0) is 0 Å². The number of carbonyl (C=O) groups is 3. The van der Waals surface area contributed by atoms with Gasteiger partial charge in [0.1, 0.15) is 0 Å². The highest BCUT2D eigenvalue weighted by Gasteiger charge is 2.34. The summed E-state index contributed by atoms with van der Waals surface area (Å²) in [6.45, 7) is 0.504. The van der Waals surface area contributed by atoms with Gasteiger partial charge in [-0.25, -0.2) is 4.79 Å². The van der Waals surface area contributed by atoms with E-state index < -0.39 is 6.03 Å². The third-order valence-electron chi connectivity index (χ3n) is 3.90. The number of nitrogens with one attached hydrogen (secondary N) is 2. The van der Waals surface area contributed by atoms with Crippen molar-refractivity contribution in [1.82, 2.24) is 10.2 Å². The Morgan fingerprint density at radius 1 is 1.00 bits per heavy atom. The van der Waals surface area contributed by atoms with Gasteiger partial charge in [-0.05, 0) is 42.8 Å². The van der Waals surface area contributed by atoms with Gasteiger partial charge in [0, 0.05) is 33.3 Å². The smallest absolute Gasteiger partial charge is 0.319 e. The van der Waals surface area contributed by atoms with Gasteiger partial charge in [-0.15, -0.1) is 0 Å². The zero-order chi connectivity index (χ0) is 19.6. The quantitative estimate of drug-likeness (QED) is 0.496. The summed E-state index contributed by atoms with van der Waals surface area (Å²) in [4.78, 5) is 37.8. The number of urea groups is 1. The zero-order valence-corrected chi connectivity index (χ0v) is 17.0. The third kappa shape index (κ3) is 4.61. The average Bonchev–Trinajstić information content (AvgIpc) is 2.81. The molecule has 1 aliphatic heterocycles. The van der Waals surface area contributed by atoms with E-state index in [1.165, 1.54) is 4.90 Å². The molecule has 1 aliphatic rings. The maximum absolute atomic E-state index is 12.4. The molecule has 9 heteroatoms. The molecule has 0 saturated heterocycles. The molecule has 6 nitrogen and oxygen atoms in total. The summed E-state index contributed by atoms with van der Waals surface area (Å²) in [7, 11) is 0. The highest BCUT2D eigenvalue weighted by atomic mass is 79.9. The van der Waals surface area contributed by atoms with Gasteiger partial charge >= 0.3 is 6.03 Å². The van der Waals surface area contributed by atoms with Crippen LogP contribution >= 0.6 is 39.1 Å². The number of hydrogen-bond donors (Lipinski definition) is 2. The zero-order valence-electron chi connectivity index (χ0n) is 13.9. The molecule has 0 aromatic heterocycles. The van der Waals surface area contributed by atoms with Crippen molar-refractivity contribution in [3.63, 3.8) is 0 Å². The second-order valence-electron chi connectivity index (χ2n) is 5.84. The summed E-state index contributed by atoms with van der Waals surface area (Å²) in [5.41, 5.74) is 1.25. The first-order chi connectivity index (χ1) is 12.8. The Balaban J connectivity index is 1.48. The topological polar surface area (TPSA) is 78.5 Å². The standard InChI is InChI=1S/C18H14BrCl2N3O3/c19-10-2-3-14-15(6-10)17(26)24(16(14)25)5-1-4-22-18(27)23-13-8-11(20)7-12(21)9-13/h2-3,6-9H,1,4-5H2,(H2,22,23,27). The Hall–Kier alpha value is -2.09. The van der Waals surface area contributed by atoms with Crippen molar-refractivity contribution in [2.24, 2.45) is 0 Å². The number of anilines is 1. The maximum atomic E-state index is 12.4. The Labute approximate surface area is 173 Å². The predicted molar refractivity (Wildman–Crippen MR) is 108 cm³/mol. The second-order valence-corrected chi connectivity index (χ2v) is 7.63. The van der Waals surface area contributed by atoms with E-state index in [0.717, 1.165) is 4.47 Å². The van der Waals surface area contributed by atoms with E-state index in [9.17, 15) is 14.4 Å². The van der Waals surface area contributed by atoms with Crippen LogP contribution in [0, 0.1) is 0 Å². The molecule has 0 unspecified atom stereocenters. The van der Waals surface area contributed by atoms with Crippen LogP contribution in [0.2, 0.25) is 10.0 Å². The minimum Gasteiger partial charge on any atom is -0.338 e. The van der Waals surface area contributed by atoms with E-state index in [-0.39, 0.29) is 24.9 Å². The molecule has 4 amide bonds. The van der Waals surface area contributed by atoms with Crippen LogP contribution in [0.15, 0.2) is 40.9 Å². The molecular weight excluding hydrogens is 457 g/mol. The van der Waals surface area contributed by atoms with Crippen LogP contribution in [-0.4, -0.2) is 35.8 Å². The molecule has 0 bridgehead atoms. The SMILES string of the molecule is O=C(NCCCN1C(=O)c2ccc(Br)cc2C1=O)Nc1cc(Cl)cc(Cl)c1. The number of nitrogens with zero attached hydrogens (tertiary/aromatic N) is 1. The molecule has 27 heavy (non-hydrogen) atoms. The minimum atomic E-state index is -0.431. The minimum absolute atomic E-state index is 0.216. The fourth-order valence-electron chi connectivity index (χ4n) is 2.71. The fourth-order valence-corrected chi connectivity index (χ4v) is 3.59. The summed E-state index contributed by atoms with van der Waals surface area (Å²) in [5, 5.41) is 6.10. The average molecular weight is 471 g/mol. The Kier molecular flexibility index (Phi) is 6.04. The first kappa shape index (κ1) is 19.7. The van der Waals surface area contributed by atoms with E-state index in [4.69, 9.17) is 23.2 Å². The molecule has 0 aliphatic carbocycles. The van der Waals surface area contributed by atoms with E-state index in [1.54, 1.807) is 36.4 Å². The summed E-state index contributed by atoms with van der Waals surface area (Å²) < 4.78 is 0.740. The van der Waals surface area contributed by atoms with Crippen molar-refractivity contribution in [2.75, 3.05) is 18.4 Å². The molecule has 140 valence electrons. The molecule has 2 aromatic rings. The van der Waals surface area contributed by atoms with Gasteiger partial charge < -0.3 is 10.6 Å². The molecule has 0 radical (unpaired) electrons. The Bertz CT molecular complexity index is 916. The lowest BCUT2D eigenvalue weighted by Crippen LogP contribution is -2.35. The lowest BCUT2D eigenvalue weighted by molar-refractivity contribution is 0.0653. The summed E-state index contributed by atoms with van der Waals surface area (Å²) in [6, 6.07) is 9.26. The largest absolute Gasteiger partial charge is 0.338 e. The van der Waals surface area contributed by atoms with Crippen LogP contribution in [0.5, 0.6) is 0 Å². The van der Waals surface area contributed by atoms with E-state index >= 15 is 0 Å². The van der Waals surface area contributed by atoms with Crippen molar-refractivity contribution in [2.45, 2.75) is 6.42 Å².